The van der Waals surface area contributed by atoms with Crippen molar-refractivity contribution in [2.75, 3.05) is 0 Å². The van der Waals surface area contributed by atoms with E-state index in [1.807, 2.05) is 0 Å². The van der Waals surface area contributed by atoms with Gasteiger partial charge in [-0.1, -0.05) is 31.9 Å². The second-order valence-electron chi connectivity index (χ2n) is 5.14. The number of halogens is 4. The smallest absolute Gasteiger partial charge is 0.195 e. The molecule has 0 spiro atoms. The van der Waals surface area contributed by atoms with Gasteiger partial charge in [-0.2, -0.15) is 17.6 Å². The monoisotopic (exact) mass is 248 g/mol. The molecule has 2 aliphatic carbocycles. The van der Waals surface area contributed by atoms with Crippen LogP contribution in [0.2, 0.25) is 0 Å². The van der Waals surface area contributed by atoms with Gasteiger partial charge in [0.2, 0.25) is 0 Å². The van der Waals surface area contributed by atoms with Crippen molar-refractivity contribution in [3.8, 4) is 0 Å². The summed E-state index contributed by atoms with van der Waals surface area (Å²) in [5, 5.41) is 0. The average molecular weight is 248 g/mol. The third-order valence-electron chi connectivity index (χ3n) is 3.82. The van der Waals surface area contributed by atoms with E-state index >= 15 is 0 Å². The van der Waals surface area contributed by atoms with Crippen molar-refractivity contribution in [2.24, 2.45) is 11.8 Å². The molecule has 2 rings (SSSR count). The summed E-state index contributed by atoms with van der Waals surface area (Å²) in [7, 11) is 0. The minimum atomic E-state index is -4.04. The Labute approximate surface area is 98.4 Å². The largest absolute Gasteiger partial charge is 0.335 e. The molecular weight excluding hydrogens is 232 g/mol. The Morgan fingerprint density at radius 1 is 1.06 bits per heavy atom. The number of hydrogen-bond donors (Lipinski definition) is 0. The number of alkyl halides is 4. The second-order valence-corrected chi connectivity index (χ2v) is 5.14. The molecule has 0 saturated heterocycles. The number of hydrogen-bond acceptors (Lipinski definition) is 0. The Morgan fingerprint density at radius 2 is 1.65 bits per heavy atom. The molecule has 0 bridgehead atoms. The molecule has 0 radical (unpaired) electrons. The highest BCUT2D eigenvalue weighted by molar-refractivity contribution is 5.33. The van der Waals surface area contributed by atoms with Gasteiger partial charge in [0.25, 0.3) is 0 Å². The van der Waals surface area contributed by atoms with Crippen LogP contribution in [0.3, 0.4) is 0 Å². The van der Waals surface area contributed by atoms with Gasteiger partial charge in [-0.25, -0.2) is 0 Å². The summed E-state index contributed by atoms with van der Waals surface area (Å²) < 4.78 is 53.7. The molecule has 4 heteroatoms. The molecule has 0 amide bonds. The molecule has 0 nitrogen and oxygen atoms in total. The van der Waals surface area contributed by atoms with E-state index in [9.17, 15) is 17.6 Å². The molecule has 2 aliphatic rings. The minimum Gasteiger partial charge on any atom is -0.195 e. The lowest BCUT2D eigenvalue weighted by molar-refractivity contribution is -0.161. The fourth-order valence-electron chi connectivity index (χ4n) is 2.64. The van der Waals surface area contributed by atoms with Crippen LogP contribution >= 0.6 is 0 Å². The Bertz CT molecular complexity index is 346. The van der Waals surface area contributed by atoms with Crippen LogP contribution in [0.1, 0.15) is 32.6 Å². The Balaban J connectivity index is 2.21. The first-order valence-electron chi connectivity index (χ1n) is 6.00. The van der Waals surface area contributed by atoms with E-state index in [2.05, 4.69) is 6.92 Å². The Hall–Kier alpha value is -0.800. The predicted molar refractivity (Wildman–Crippen MR) is 58.2 cm³/mol. The molecule has 17 heavy (non-hydrogen) atoms. The van der Waals surface area contributed by atoms with Gasteiger partial charge < -0.3 is 0 Å². The van der Waals surface area contributed by atoms with E-state index in [-0.39, 0.29) is 5.57 Å². The van der Waals surface area contributed by atoms with Crippen LogP contribution in [0, 0.1) is 11.8 Å². The molecule has 0 aromatic heterocycles. The van der Waals surface area contributed by atoms with Gasteiger partial charge >= 0.3 is 11.8 Å². The molecule has 0 unspecified atom stereocenters. The second kappa shape index (κ2) is 4.14. The van der Waals surface area contributed by atoms with Crippen molar-refractivity contribution in [1.82, 2.24) is 0 Å². The molecule has 0 N–H and O–H groups in total. The van der Waals surface area contributed by atoms with Crippen molar-refractivity contribution in [2.45, 2.75) is 44.5 Å². The summed E-state index contributed by atoms with van der Waals surface area (Å²) in [5.74, 6) is -7.94. The van der Waals surface area contributed by atoms with Gasteiger partial charge in [-0.3, -0.25) is 0 Å². The van der Waals surface area contributed by atoms with Crippen LogP contribution in [0.25, 0.3) is 0 Å². The first-order chi connectivity index (χ1) is 7.84. The van der Waals surface area contributed by atoms with Crippen LogP contribution in [0.15, 0.2) is 23.8 Å². The number of allylic oxidation sites excluding steroid dienone is 4. The lowest BCUT2D eigenvalue weighted by Crippen LogP contribution is -2.44. The summed E-state index contributed by atoms with van der Waals surface area (Å²) in [6.07, 6.45) is 5.39. The summed E-state index contributed by atoms with van der Waals surface area (Å²) in [6, 6.07) is 0. The van der Waals surface area contributed by atoms with Crippen LogP contribution < -0.4 is 0 Å². The van der Waals surface area contributed by atoms with E-state index in [0.717, 1.165) is 18.9 Å². The van der Waals surface area contributed by atoms with Crippen molar-refractivity contribution in [3.05, 3.63) is 23.8 Å². The molecule has 96 valence electrons. The van der Waals surface area contributed by atoms with E-state index in [1.165, 1.54) is 6.08 Å². The predicted octanol–water partition coefficient (Wildman–Crippen LogP) is 4.58. The fraction of sp³-hybridized carbons (Fsp3) is 0.692. The Kier molecular flexibility index (Phi) is 3.08. The lowest BCUT2D eigenvalue weighted by atomic mass is 9.75. The molecule has 1 saturated carbocycles. The van der Waals surface area contributed by atoms with Gasteiger partial charge in [-0.15, -0.1) is 0 Å². The first kappa shape index (κ1) is 12.7. The van der Waals surface area contributed by atoms with Crippen LogP contribution in [0.5, 0.6) is 0 Å². The molecule has 0 aromatic carbocycles. The standard InChI is InChI=1S/C13H16F4/c1-9-4-6-10(7-5-9)11-3-2-8-12(14,15)13(11,16)17/h2-3,8-10H,4-7H2,1H3. The van der Waals surface area contributed by atoms with Crippen molar-refractivity contribution >= 4 is 0 Å². The summed E-state index contributed by atoms with van der Waals surface area (Å²) in [6.45, 7) is 2.07. The highest BCUT2D eigenvalue weighted by atomic mass is 19.3. The molecule has 0 atom stereocenters. The maximum Gasteiger partial charge on any atom is 0.335 e. The summed E-state index contributed by atoms with van der Waals surface area (Å²) >= 11 is 0. The quantitative estimate of drug-likeness (QED) is 0.596. The zero-order valence-corrected chi connectivity index (χ0v) is 9.73. The average Bonchev–Trinajstić information content (AvgIpc) is 2.24. The van der Waals surface area contributed by atoms with Gasteiger partial charge in [0.1, 0.15) is 0 Å². The SMILES string of the molecule is CC1CCC(C2=CC=CC(F)(F)C2(F)F)CC1. The maximum atomic E-state index is 13.7. The topological polar surface area (TPSA) is 0 Å². The van der Waals surface area contributed by atoms with Crippen LogP contribution in [0.4, 0.5) is 17.6 Å². The number of rotatable bonds is 1. The van der Waals surface area contributed by atoms with Crippen LogP contribution in [-0.2, 0) is 0 Å². The fourth-order valence-corrected chi connectivity index (χ4v) is 2.64. The molecule has 0 aromatic rings. The summed E-state index contributed by atoms with van der Waals surface area (Å²) in [5.41, 5.74) is -0.378. The lowest BCUT2D eigenvalue weighted by Gasteiger charge is -2.36. The molecule has 0 aliphatic heterocycles. The molecule has 1 fully saturated rings. The van der Waals surface area contributed by atoms with E-state index < -0.39 is 17.8 Å². The zero-order valence-electron chi connectivity index (χ0n) is 9.73. The van der Waals surface area contributed by atoms with Crippen molar-refractivity contribution in [3.63, 3.8) is 0 Å². The molecule has 0 heterocycles. The third kappa shape index (κ3) is 2.14. The first-order valence-corrected chi connectivity index (χ1v) is 6.00. The third-order valence-corrected chi connectivity index (χ3v) is 3.82. The van der Waals surface area contributed by atoms with Crippen LogP contribution in [-0.4, -0.2) is 11.8 Å². The van der Waals surface area contributed by atoms with E-state index in [0.29, 0.717) is 24.8 Å². The van der Waals surface area contributed by atoms with Gasteiger partial charge in [0, 0.05) is 5.57 Å². The van der Waals surface area contributed by atoms with E-state index in [4.69, 9.17) is 0 Å². The molecular formula is C13H16F4. The highest BCUT2D eigenvalue weighted by Gasteiger charge is 2.59. The van der Waals surface area contributed by atoms with Gasteiger partial charge in [0.15, 0.2) is 0 Å². The van der Waals surface area contributed by atoms with E-state index in [1.54, 1.807) is 0 Å². The van der Waals surface area contributed by atoms with Crippen molar-refractivity contribution < 1.29 is 17.6 Å². The van der Waals surface area contributed by atoms with Crippen molar-refractivity contribution in [1.29, 1.82) is 0 Å². The normalized spacial score (nSPS) is 35.5. The highest BCUT2D eigenvalue weighted by Crippen LogP contribution is 2.49. The zero-order chi connectivity index (χ0) is 12.7. The van der Waals surface area contributed by atoms with Gasteiger partial charge in [-0.05, 0) is 30.8 Å². The minimum absolute atomic E-state index is 0.294. The Morgan fingerprint density at radius 3 is 2.24 bits per heavy atom. The van der Waals surface area contributed by atoms with Gasteiger partial charge in [0.05, 0.1) is 0 Å². The maximum absolute atomic E-state index is 13.7. The summed E-state index contributed by atoms with van der Waals surface area (Å²) in [4.78, 5) is 0.